The van der Waals surface area contributed by atoms with E-state index in [-0.39, 0.29) is 11.8 Å². The summed E-state index contributed by atoms with van der Waals surface area (Å²) in [6, 6.07) is 8.60. The lowest BCUT2D eigenvalue weighted by atomic mass is 10.0. The molecule has 98 valence electrons. The normalized spacial score (nSPS) is 15.2. The van der Waals surface area contributed by atoms with Crippen molar-refractivity contribution in [2.24, 2.45) is 5.92 Å². The van der Waals surface area contributed by atoms with Gasteiger partial charge in [0.05, 0.1) is 5.92 Å². The van der Waals surface area contributed by atoms with Gasteiger partial charge in [-0.1, -0.05) is 19.1 Å². The molecule has 0 spiro atoms. The number of carbonyl (C=O) groups excluding carboxylic acids is 1. The molecule has 1 aromatic carbocycles. The Hall–Kier alpha value is -1.00. The highest BCUT2D eigenvalue weighted by Gasteiger charge is 2.23. The molecule has 1 heterocycles. The van der Waals surface area contributed by atoms with Crippen LogP contribution in [0.15, 0.2) is 29.2 Å². The Kier molecular flexibility index (Phi) is 5.08. The maximum Gasteiger partial charge on any atom is 0.225 e. The third-order valence-corrected chi connectivity index (χ3v) is 3.99. The Bertz CT molecular complexity index is 387. The van der Waals surface area contributed by atoms with E-state index in [0.717, 1.165) is 31.8 Å². The van der Waals surface area contributed by atoms with Crippen molar-refractivity contribution in [3.05, 3.63) is 29.8 Å². The zero-order valence-electron chi connectivity index (χ0n) is 10.7. The fourth-order valence-corrected chi connectivity index (χ4v) is 2.53. The molecule has 1 amide bonds. The molecular weight excluding hydrogens is 244 g/mol. The summed E-state index contributed by atoms with van der Waals surface area (Å²) in [6.45, 7) is 4.54. The summed E-state index contributed by atoms with van der Waals surface area (Å²) >= 11 is 1.85. The average Bonchev–Trinajstić information content (AvgIpc) is 2.29. The van der Waals surface area contributed by atoms with E-state index in [9.17, 15) is 4.79 Å². The van der Waals surface area contributed by atoms with E-state index in [4.69, 9.17) is 0 Å². The Morgan fingerprint density at radius 2 is 2.11 bits per heavy atom. The van der Waals surface area contributed by atoms with Crippen LogP contribution in [0.3, 0.4) is 0 Å². The minimum atomic E-state index is 0.187. The highest BCUT2D eigenvalue weighted by molar-refractivity contribution is 7.99. The van der Waals surface area contributed by atoms with Gasteiger partial charge in [-0.2, -0.15) is 0 Å². The van der Waals surface area contributed by atoms with Crippen molar-refractivity contribution < 1.29 is 4.79 Å². The molecule has 18 heavy (non-hydrogen) atoms. The van der Waals surface area contributed by atoms with Gasteiger partial charge in [0, 0.05) is 24.5 Å². The SMILES string of the molecule is CCSc1ccc(CCNC(=O)C2CNC2)cc1. The molecule has 0 bridgehead atoms. The minimum absolute atomic E-state index is 0.187. The van der Waals surface area contributed by atoms with E-state index in [2.05, 4.69) is 41.8 Å². The van der Waals surface area contributed by atoms with Gasteiger partial charge in [0.2, 0.25) is 5.91 Å². The quantitative estimate of drug-likeness (QED) is 0.768. The van der Waals surface area contributed by atoms with Crippen LogP contribution < -0.4 is 10.6 Å². The smallest absolute Gasteiger partial charge is 0.225 e. The van der Waals surface area contributed by atoms with Crippen LogP contribution in [-0.2, 0) is 11.2 Å². The van der Waals surface area contributed by atoms with Crippen molar-refractivity contribution in [2.45, 2.75) is 18.2 Å². The Morgan fingerprint density at radius 3 is 2.67 bits per heavy atom. The molecule has 0 saturated carbocycles. The van der Waals surface area contributed by atoms with Crippen molar-refractivity contribution >= 4 is 17.7 Å². The summed E-state index contributed by atoms with van der Waals surface area (Å²) in [4.78, 5) is 12.9. The number of hydrogen-bond donors (Lipinski definition) is 2. The van der Waals surface area contributed by atoms with Gasteiger partial charge >= 0.3 is 0 Å². The first-order valence-electron chi connectivity index (χ1n) is 6.49. The van der Waals surface area contributed by atoms with Gasteiger partial charge in [-0.25, -0.2) is 0 Å². The zero-order valence-corrected chi connectivity index (χ0v) is 11.6. The van der Waals surface area contributed by atoms with Gasteiger partial charge in [0.1, 0.15) is 0 Å². The fourth-order valence-electron chi connectivity index (χ4n) is 1.87. The topological polar surface area (TPSA) is 41.1 Å². The Balaban J connectivity index is 1.70. The lowest BCUT2D eigenvalue weighted by Crippen LogP contribution is -2.51. The van der Waals surface area contributed by atoms with E-state index in [1.807, 2.05) is 11.8 Å². The summed E-state index contributed by atoms with van der Waals surface area (Å²) in [5.74, 6) is 1.48. The second-order valence-corrected chi connectivity index (χ2v) is 5.81. The number of benzene rings is 1. The highest BCUT2D eigenvalue weighted by Crippen LogP contribution is 2.17. The summed E-state index contributed by atoms with van der Waals surface area (Å²) in [6.07, 6.45) is 0.906. The first kappa shape index (κ1) is 13.4. The van der Waals surface area contributed by atoms with Crippen molar-refractivity contribution in [3.63, 3.8) is 0 Å². The number of amides is 1. The summed E-state index contributed by atoms with van der Waals surface area (Å²) in [5, 5.41) is 6.09. The number of thioether (sulfide) groups is 1. The van der Waals surface area contributed by atoms with Crippen LogP contribution in [-0.4, -0.2) is 31.3 Å². The van der Waals surface area contributed by atoms with Crippen LogP contribution in [0.4, 0.5) is 0 Å². The van der Waals surface area contributed by atoms with Gasteiger partial charge in [0.15, 0.2) is 0 Å². The van der Waals surface area contributed by atoms with Gasteiger partial charge in [-0.15, -0.1) is 11.8 Å². The molecule has 0 atom stereocenters. The molecule has 1 aliphatic heterocycles. The van der Waals surface area contributed by atoms with Crippen LogP contribution in [0, 0.1) is 5.92 Å². The predicted octanol–water partition coefficient (Wildman–Crippen LogP) is 1.68. The van der Waals surface area contributed by atoms with Crippen LogP contribution in [0.1, 0.15) is 12.5 Å². The van der Waals surface area contributed by atoms with Crippen LogP contribution >= 0.6 is 11.8 Å². The molecule has 0 aliphatic carbocycles. The standard InChI is InChI=1S/C14H20N2OS/c1-2-18-13-5-3-11(4-6-13)7-8-16-14(17)12-9-15-10-12/h3-6,12,15H,2,7-10H2,1H3,(H,16,17). The molecule has 1 aromatic rings. The maximum atomic E-state index is 11.6. The largest absolute Gasteiger partial charge is 0.355 e. The van der Waals surface area contributed by atoms with Gasteiger partial charge in [-0.3, -0.25) is 4.79 Å². The first-order valence-corrected chi connectivity index (χ1v) is 7.48. The van der Waals surface area contributed by atoms with Gasteiger partial charge < -0.3 is 10.6 Å². The predicted molar refractivity (Wildman–Crippen MR) is 75.9 cm³/mol. The Morgan fingerprint density at radius 1 is 1.39 bits per heavy atom. The molecule has 2 N–H and O–H groups in total. The molecule has 0 radical (unpaired) electrons. The van der Waals surface area contributed by atoms with Crippen LogP contribution in [0.25, 0.3) is 0 Å². The summed E-state index contributed by atoms with van der Waals surface area (Å²) in [5.41, 5.74) is 1.28. The van der Waals surface area contributed by atoms with Gasteiger partial charge in [0.25, 0.3) is 0 Å². The number of hydrogen-bond acceptors (Lipinski definition) is 3. The molecule has 4 heteroatoms. The molecule has 1 aliphatic rings. The minimum Gasteiger partial charge on any atom is -0.355 e. The third-order valence-electron chi connectivity index (χ3n) is 3.10. The summed E-state index contributed by atoms with van der Waals surface area (Å²) in [7, 11) is 0. The van der Waals surface area contributed by atoms with Crippen LogP contribution in [0.2, 0.25) is 0 Å². The lowest BCUT2D eigenvalue weighted by molar-refractivity contribution is -0.126. The van der Waals surface area contributed by atoms with Crippen molar-refractivity contribution in [1.82, 2.24) is 10.6 Å². The van der Waals surface area contributed by atoms with E-state index in [1.165, 1.54) is 10.5 Å². The molecule has 2 rings (SSSR count). The first-order chi connectivity index (χ1) is 8.79. The number of nitrogens with one attached hydrogen (secondary N) is 2. The summed E-state index contributed by atoms with van der Waals surface area (Å²) < 4.78 is 0. The van der Waals surface area contributed by atoms with E-state index >= 15 is 0 Å². The van der Waals surface area contributed by atoms with E-state index in [0.29, 0.717) is 0 Å². The van der Waals surface area contributed by atoms with Gasteiger partial charge in [-0.05, 0) is 29.9 Å². The molecule has 1 fully saturated rings. The van der Waals surface area contributed by atoms with Crippen molar-refractivity contribution in [3.8, 4) is 0 Å². The monoisotopic (exact) mass is 264 g/mol. The fraction of sp³-hybridized carbons (Fsp3) is 0.500. The molecule has 3 nitrogen and oxygen atoms in total. The zero-order chi connectivity index (χ0) is 12.8. The molecule has 0 unspecified atom stereocenters. The second kappa shape index (κ2) is 6.81. The molecule has 0 aromatic heterocycles. The third kappa shape index (κ3) is 3.75. The lowest BCUT2D eigenvalue weighted by Gasteiger charge is -2.25. The highest BCUT2D eigenvalue weighted by atomic mass is 32.2. The average molecular weight is 264 g/mol. The number of carbonyl (C=O) groups is 1. The second-order valence-electron chi connectivity index (χ2n) is 4.47. The van der Waals surface area contributed by atoms with E-state index in [1.54, 1.807) is 0 Å². The van der Waals surface area contributed by atoms with Crippen LogP contribution in [0.5, 0.6) is 0 Å². The maximum absolute atomic E-state index is 11.6. The molecular formula is C14H20N2OS. The van der Waals surface area contributed by atoms with E-state index < -0.39 is 0 Å². The van der Waals surface area contributed by atoms with Crippen molar-refractivity contribution in [1.29, 1.82) is 0 Å². The molecule has 1 saturated heterocycles. The number of rotatable bonds is 6. The Labute approximate surface area is 113 Å². The van der Waals surface area contributed by atoms with Crippen molar-refractivity contribution in [2.75, 3.05) is 25.4 Å².